The second kappa shape index (κ2) is 12.5. The van der Waals surface area contributed by atoms with E-state index in [9.17, 15) is 23.9 Å². The molecule has 0 amide bonds. The lowest BCUT2D eigenvalue weighted by atomic mass is 9.33. The summed E-state index contributed by atoms with van der Waals surface area (Å²) < 4.78 is 26.5. The molecule has 1 aromatic carbocycles. The van der Waals surface area contributed by atoms with Crippen molar-refractivity contribution in [3.05, 3.63) is 46.1 Å². The molecular weight excluding hydrogens is 695 g/mol. The summed E-state index contributed by atoms with van der Waals surface area (Å²) in [7, 11) is 0. The van der Waals surface area contributed by atoms with Crippen molar-refractivity contribution >= 4 is 29.3 Å². The van der Waals surface area contributed by atoms with Crippen LogP contribution in [0.15, 0.2) is 33.8 Å². The number of hydrogen-bond acceptors (Lipinski definition) is 7. The van der Waals surface area contributed by atoms with Crippen molar-refractivity contribution in [1.82, 2.24) is 10.2 Å². The largest absolute Gasteiger partial charge is 0.481 e. The van der Waals surface area contributed by atoms with Crippen molar-refractivity contribution < 1.29 is 33.0 Å². The molecule has 1 aromatic heterocycles. The van der Waals surface area contributed by atoms with Gasteiger partial charge in [0.1, 0.15) is 11.9 Å². The van der Waals surface area contributed by atoms with Gasteiger partial charge in [-0.2, -0.15) is 0 Å². The standard InChI is InChI=1S/C43H56ClFN2O6/c1-23(2)33-28(48)21-43(36-47-46-35(53-36)25-11-10-24(45)20-27(25)44)19-18-41(8)26(34(33)43)12-13-30-40(7)16-15-31(52-32(49)22-38(3,4)37(50)51)39(5,6)29(40)14-17-42(30,41)9/h10-11,20,23,26,29-31H,12-19,21-22H2,1-9H3,(H,50,51)/t26-,29+,30-,31+,40+,41-,42-,43-/m1/s1. The number of benzene rings is 1. The summed E-state index contributed by atoms with van der Waals surface area (Å²) in [5.41, 5.74) is 0.423. The van der Waals surface area contributed by atoms with Gasteiger partial charge in [-0.15, -0.1) is 10.2 Å². The quantitative estimate of drug-likeness (QED) is 0.278. The molecule has 1 heterocycles. The van der Waals surface area contributed by atoms with Crippen LogP contribution in [0.25, 0.3) is 11.5 Å². The van der Waals surface area contributed by atoms with Crippen molar-refractivity contribution in [3.8, 4) is 11.5 Å². The second-order valence-electron chi connectivity index (χ2n) is 19.5. The number of ether oxygens (including phenoxy) is 1. The maximum absolute atomic E-state index is 14.1. The lowest BCUT2D eigenvalue weighted by Gasteiger charge is -2.72. The van der Waals surface area contributed by atoms with E-state index in [0.29, 0.717) is 29.7 Å². The summed E-state index contributed by atoms with van der Waals surface area (Å²) in [4.78, 5) is 39.0. The van der Waals surface area contributed by atoms with Crippen LogP contribution in [0, 0.1) is 56.6 Å². The van der Waals surface area contributed by atoms with Crippen LogP contribution in [-0.2, 0) is 24.5 Å². The van der Waals surface area contributed by atoms with Gasteiger partial charge in [0.2, 0.25) is 11.8 Å². The Morgan fingerprint density at radius 2 is 1.72 bits per heavy atom. The van der Waals surface area contributed by atoms with Crippen molar-refractivity contribution in [2.24, 2.45) is 50.7 Å². The van der Waals surface area contributed by atoms with Gasteiger partial charge in [-0.1, -0.05) is 60.1 Å². The van der Waals surface area contributed by atoms with E-state index >= 15 is 0 Å². The molecule has 5 aliphatic rings. The van der Waals surface area contributed by atoms with Gasteiger partial charge in [0.15, 0.2) is 5.78 Å². The fourth-order valence-corrected chi connectivity index (χ4v) is 13.1. The van der Waals surface area contributed by atoms with E-state index in [-0.39, 0.29) is 62.7 Å². The molecule has 8 atom stereocenters. The van der Waals surface area contributed by atoms with Gasteiger partial charge in [-0.3, -0.25) is 14.4 Å². The first kappa shape index (κ1) is 38.2. The molecule has 10 heteroatoms. The number of esters is 1. The Morgan fingerprint density at radius 3 is 2.38 bits per heavy atom. The van der Waals surface area contributed by atoms with Crippen LogP contribution in [0.1, 0.15) is 132 Å². The zero-order valence-electron chi connectivity index (χ0n) is 32.8. The SMILES string of the molecule is CC(C)C1=C2[C@H]3CC[C@@H]4[C@@]5(C)CC[C@H](OC(=O)CC(C)(C)C(=O)O)C(C)(C)[C@@H]5CC[C@@]4(C)[C@]3(C)CC[C@@]2(c2nnc(-c3ccc(F)cc3Cl)o2)CC1=O. The molecule has 0 saturated heterocycles. The van der Waals surface area contributed by atoms with Crippen LogP contribution >= 0.6 is 11.6 Å². The highest BCUT2D eigenvalue weighted by Gasteiger charge is 2.71. The van der Waals surface area contributed by atoms with Crippen molar-refractivity contribution in [2.45, 2.75) is 138 Å². The topological polar surface area (TPSA) is 120 Å². The maximum Gasteiger partial charge on any atom is 0.309 e. The van der Waals surface area contributed by atoms with Crippen LogP contribution in [0.4, 0.5) is 4.39 Å². The predicted molar refractivity (Wildman–Crippen MR) is 199 cm³/mol. The highest BCUT2D eigenvalue weighted by molar-refractivity contribution is 6.33. The molecule has 7 rings (SSSR count). The zero-order valence-corrected chi connectivity index (χ0v) is 33.6. The number of carboxylic acid groups (broad SMARTS) is 1. The number of ketones is 1. The van der Waals surface area contributed by atoms with Crippen LogP contribution in [0.3, 0.4) is 0 Å². The molecule has 0 aliphatic heterocycles. The lowest BCUT2D eigenvalue weighted by molar-refractivity contribution is -0.232. The van der Waals surface area contributed by atoms with Crippen molar-refractivity contribution in [1.29, 1.82) is 0 Å². The Morgan fingerprint density at radius 1 is 1.00 bits per heavy atom. The first-order chi connectivity index (χ1) is 24.6. The van der Waals surface area contributed by atoms with Crippen molar-refractivity contribution in [3.63, 3.8) is 0 Å². The number of aromatic nitrogens is 2. The summed E-state index contributed by atoms with van der Waals surface area (Å²) >= 11 is 6.41. The molecule has 4 fully saturated rings. The second-order valence-corrected chi connectivity index (χ2v) is 19.9. The Labute approximate surface area is 318 Å². The molecule has 0 bridgehead atoms. The van der Waals surface area contributed by atoms with Crippen LogP contribution in [-0.4, -0.2) is 39.1 Å². The smallest absolute Gasteiger partial charge is 0.309 e. The number of rotatable bonds is 7. The Kier molecular flexibility index (Phi) is 8.99. The summed E-state index contributed by atoms with van der Waals surface area (Å²) in [6, 6.07) is 4.12. The maximum atomic E-state index is 14.1. The number of carbonyl (C=O) groups excluding carboxylic acids is 2. The Bertz CT molecular complexity index is 1900. The zero-order chi connectivity index (χ0) is 38.7. The van der Waals surface area contributed by atoms with Crippen molar-refractivity contribution in [2.75, 3.05) is 0 Å². The van der Waals surface area contributed by atoms with E-state index in [1.165, 1.54) is 17.7 Å². The van der Waals surface area contributed by atoms with Crippen LogP contribution in [0.2, 0.25) is 5.02 Å². The highest BCUT2D eigenvalue weighted by Crippen LogP contribution is 2.76. The Balaban J connectivity index is 1.21. The summed E-state index contributed by atoms with van der Waals surface area (Å²) in [6.45, 7) is 19.4. The molecule has 288 valence electrons. The van der Waals surface area contributed by atoms with Gasteiger partial charge in [0.05, 0.1) is 27.8 Å². The fourth-order valence-electron chi connectivity index (χ4n) is 12.9. The average Bonchev–Trinajstić information content (AvgIpc) is 3.66. The number of carboxylic acids is 1. The van der Waals surface area contributed by atoms with Gasteiger partial charge in [0, 0.05) is 11.8 Å². The molecule has 53 heavy (non-hydrogen) atoms. The number of carbonyl (C=O) groups is 3. The molecule has 8 nitrogen and oxygen atoms in total. The van der Waals surface area contributed by atoms with Gasteiger partial charge in [-0.25, -0.2) is 4.39 Å². The minimum atomic E-state index is -1.18. The lowest BCUT2D eigenvalue weighted by Crippen LogP contribution is -2.66. The number of hydrogen-bond donors (Lipinski definition) is 1. The van der Waals surface area contributed by atoms with E-state index in [4.69, 9.17) is 20.8 Å². The summed E-state index contributed by atoms with van der Waals surface area (Å²) in [5.74, 6) is -0.0214. The monoisotopic (exact) mass is 750 g/mol. The summed E-state index contributed by atoms with van der Waals surface area (Å²) in [6.07, 6.45) is 7.31. The predicted octanol–water partition coefficient (Wildman–Crippen LogP) is 10.2. The number of aliphatic carboxylic acids is 1. The molecule has 1 N–H and O–H groups in total. The normalized spacial score (nSPS) is 36.4. The molecule has 0 unspecified atom stereocenters. The minimum Gasteiger partial charge on any atom is -0.481 e. The highest BCUT2D eigenvalue weighted by atomic mass is 35.5. The van der Waals surface area contributed by atoms with E-state index in [1.807, 2.05) is 0 Å². The van der Waals surface area contributed by atoms with E-state index in [0.717, 1.165) is 56.9 Å². The molecule has 0 radical (unpaired) electrons. The molecule has 2 aromatic rings. The van der Waals surface area contributed by atoms with E-state index in [1.54, 1.807) is 19.9 Å². The fraction of sp³-hybridized carbons (Fsp3) is 0.698. The summed E-state index contributed by atoms with van der Waals surface area (Å²) in [5, 5.41) is 18.8. The van der Waals surface area contributed by atoms with Crippen LogP contribution in [0.5, 0.6) is 0 Å². The Hall–Kier alpha value is -3.07. The number of fused-ring (bicyclic) bond motifs is 7. The number of Topliss-reactive ketones (excluding diaryl/α,β-unsaturated/α-hetero) is 1. The molecular formula is C43H56ClFN2O6. The first-order valence-corrected chi connectivity index (χ1v) is 20.0. The molecule has 4 saturated carbocycles. The number of halogens is 2. The molecule has 5 aliphatic carbocycles. The average molecular weight is 751 g/mol. The van der Waals surface area contributed by atoms with Gasteiger partial charge in [0.25, 0.3) is 0 Å². The van der Waals surface area contributed by atoms with Gasteiger partial charge in [-0.05, 0) is 134 Å². The third-order valence-electron chi connectivity index (χ3n) is 15.8. The van der Waals surface area contributed by atoms with Gasteiger partial charge < -0.3 is 14.3 Å². The van der Waals surface area contributed by atoms with E-state index < -0.39 is 28.6 Å². The third-order valence-corrected chi connectivity index (χ3v) is 16.1. The van der Waals surface area contributed by atoms with E-state index in [2.05, 4.69) is 58.7 Å². The number of nitrogens with zero attached hydrogens (tertiary/aromatic N) is 2. The minimum absolute atomic E-state index is 0.000792. The molecule has 0 spiro atoms. The third kappa shape index (κ3) is 5.50. The number of allylic oxidation sites excluding steroid dienone is 2. The first-order valence-electron chi connectivity index (χ1n) is 19.6. The van der Waals surface area contributed by atoms with Gasteiger partial charge >= 0.3 is 11.9 Å². The van der Waals surface area contributed by atoms with Crippen LogP contribution < -0.4 is 0 Å².